The maximum absolute atomic E-state index is 4.81. The van der Waals surface area contributed by atoms with Gasteiger partial charge in [-0.1, -0.05) is 78.9 Å². The van der Waals surface area contributed by atoms with Crippen LogP contribution in [0.15, 0.2) is 97.3 Å². The first-order chi connectivity index (χ1) is 14.3. The molecule has 146 valence electrons. The average molecular weight is 382 g/mol. The van der Waals surface area contributed by atoms with Crippen LogP contribution in [0.5, 0.6) is 0 Å². The molecule has 0 aliphatic carbocycles. The zero-order valence-electron chi connectivity index (χ0n) is 16.8. The fourth-order valence-electron chi connectivity index (χ4n) is 3.71. The minimum absolute atomic E-state index is 0.368. The van der Waals surface area contributed by atoms with Crippen molar-refractivity contribution in [2.45, 2.75) is 25.8 Å². The number of nitrogens with one attached hydrogen (secondary N) is 1. The molecule has 0 aliphatic heterocycles. The molecule has 3 aromatic carbocycles. The zero-order valence-corrected chi connectivity index (χ0v) is 16.8. The number of aromatic nitrogens is 2. The molecule has 0 spiro atoms. The number of benzene rings is 3. The largest absolute Gasteiger partial charge is 0.385 e. The second kappa shape index (κ2) is 9.24. The van der Waals surface area contributed by atoms with E-state index in [-0.39, 0.29) is 0 Å². The third kappa shape index (κ3) is 4.57. The number of imidazole rings is 1. The van der Waals surface area contributed by atoms with Crippen LogP contribution in [0.3, 0.4) is 0 Å². The van der Waals surface area contributed by atoms with Crippen molar-refractivity contribution < 1.29 is 0 Å². The average Bonchev–Trinajstić information content (AvgIpc) is 3.24. The fraction of sp³-hybridized carbons (Fsp3) is 0.192. The Morgan fingerprint density at radius 2 is 1.38 bits per heavy atom. The summed E-state index contributed by atoms with van der Waals surface area (Å²) in [5.74, 6) is 0. The fourth-order valence-corrected chi connectivity index (χ4v) is 3.71. The first-order valence-corrected chi connectivity index (χ1v) is 10.3. The van der Waals surface area contributed by atoms with E-state index in [1.54, 1.807) is 0 Å². The maximum atomic E-state index is 4.81. The van der Waals surface area contributed by atoms with Gasteiger partial charge in [0.1, 0.15) is 0 Å². The third-order valence-electron chi connectivity index (χ3n) is 5.26. The van der Waals surface area contributed by atoms with Crippen molar-refractivity contribution in [2.24, 2.45) is 0 Å². The van der Waals surface area contributed by atoms with E-state index in [2.05, 4.69) is 95.7 Å². The van der Waals surface area contributed by atoms with Crippen LogP contribution in [0.2, 0.25) is 0 Å². The van der Waals surface area contributed by atoms with Crippen LogP contribution in [0, 0.1) is 0 Å². The van der Waals surface area contributed by atoms with Gasteiger partial charge < -0.3 is 9.88 Å². The highest BCUT2D eigenvalue weighted by molar-refractivity contribution is 5.78. The highest BCUT2D eigenvalue weighted by atomic mass is 15.1. The molecule has 0 radical (unpaired) electrons. The van der Waals surface area contributed by atoms with Gasteiger partial charge in [0.25, 0.3) is 0 Å². The van der Waals surface area contributed by atoms with Gasteiger partial charge in [-0.3, -0.25) is 0 Å². The van der Waals surface area contributed by atoms with Crippen molar-refractivity contribution in [3.05, 3.63) is 97.3 Å². The van der Waals surface area contributed by atoms with Crippen LogP contribution in [-0.4, -0.2) is 16.1 Å². The highest BCUT2D eigenvalue weighted by Gasteiger charge is 2.18. The molecule has 0 fully saturated rings. The lowest BCUT2D eigenvalue weighted by atomic mass is 10.0. The number of rotatable bonds is 8. The summed E-state index contributed by atoms with van der Waals surface area (Å²) in [6, 6.07) is 31.8. The van der Waals surface area contributed by atoms with Crippen molar-refractivity contribution in [3.8, 4) is 22.5 Å². The molecule has 1 aromatic heterocycles. The monoisotopic (exact) mass is 381 g/mol. The number of hydrogen-bond acceptors (Lipinski definition) is 2. The quantitative estimate of drug-likeness (QED) is 0.345. The van der Waals surface area contributed by atoms with E-state index in [4.69, 9.17) is 4.98 Å². The lowest BCUT2D eigenvalue weighted by Gasteiger charge is -2.18. The summed E-state index contributed by atoms with van der Waals surface area (Å²) in [4.78, 5) is 4.81. The molecule has 0 saturated carbocycles. The Morgan fingerprint density at radius 3 is 2.03 bits per heavy atom. The van der Waals surface area contributed by atoms with Gasteiger partial charge in [-0.25, -0.2) is 4.98 Å². The van der Waals surface area contributed by atoms with E-state index in [9.17, 15) is 0 Å². The Bertz CT molecular complexity index is 1010. The van der Waals surface area contributed by atoms with E-state index in [0.717, 1.165) is 30.6 Å². The number of para-hydroxylation sites is 1. The van der Waals surface area contributed by atoms with Crippen LogP contribution in [-0.2, 0) is 0 Å². The van der Waals surface area contributed by atoms with Crippen molar-refractivity contribution in [1.29, 1.82) is 0 Å². The standard InChI is InChI=1S/C26H27N3/c1-21(12-11-19-27-24-17-9-4-10-18-24)29-20-28-25(22-13-5-2-6-14-22)26(29)23-15-7-3-8-16-23/h2-10,13-18,20-21,27H,11-12,19H2,1H3. The molecule has 4 rings (SSSR count). The van der Waals surface area contributed by atoms with E-state index in [1.807, 2.05) is 18.5 Å². The van der Waals surface area contributed by atoms with E-state index < -0.39 is 0 Å². The minimum atomic E-state index is 0.368. The van der Waals surface area contributed by atoms with Crippen molar-refractivity contribution in [1.82, 2.24) is 9.55 Å². The van der Waals surface area contributed by atoms with Crippen molar-refractivity contribution in [2.75, 3.05) is 11.9 Å². The molecule has 1 unspecified atom stereocenters. The third-order valence-corrected chi connectivity index (χ3v) is 5.26. The van der Waals surface area contributed by atoms with Crippen LogP contribution in [0.25, 0.3) is 22.5 Å². The topological polar surface area (TPSA) is 29.9 Å². The molecular weight excluding hydrogens is 354 g/mol. The Kier molecular flexibility index (Phi) is 6.06. The van der Waals surface area contributed by atoms with Crippen LogP contribution in [0.1, 0.15) is 25.8 Å². The Labute approximate surface area is 173 Å². The molecule has 4 aromatic rings. The van der Waals surface area contributed by atoms with Gasteiger partial charge in [-0.2, -0.15) is 0 Å². The molecule has 1 N–H and O–H groups in total. The Balaban J connectivity index is 1.53. The van der Waals surface area contributed by atoms with Gasteiger partial charge >= 0.3 is 0 Å². The number of hydrogen-bond donors (Lipinski definition) is 1. The van der Waals surface area contributed by atoms with Crippen molar-refractivity contribution in [3.63, 3.8) is 0 Å². The smallest absolute Gasteiger partial charge is 0.0963 e. The summed E-state index contributed by atoms with van der Waals surface area (Å²) in [6.07, 6.45) is 4.19. The second-order valence-electron chi connectivity index (χ2n) is 7.37. The first kappa shape index (κ1) is 19.0. The molecule has 0 saturated heterocycles. The van der Waals surface area contributed by atoms with Crippen LogP contribution >= 0.6 is 0 Å². The normalized spacial score (nSPS) is 11.9. The van der Waals surface area contributed by atoms with Crippen molar-refractivity contribution >= 4 is 5.69 Å². The molecular formula is C26H27N3. The van der Waals surface area contributed by atoms with Gasteiger partial charge in [-0.15, -0.1) is 0 Å². The lowest BCUT2D eigenvalue weighted by molar-refractivity contribution is 0.499. The van der Waals surface area contributed by atoms with E-state index in [1.165, 1.54) is 16.9 Å². The van der Waals surface area contributed by atoms with Crippen LogP contribution < -0.4 is 5.32 Å². The predicted octanol–water partition coefficient (Wildman–Crippen LogP) is 6.67. The maximum Gasteiger partial charge on any atom is 0.0963 e. The molecule has 1 atom stereocenters. The summed E-state index contributed by atoms with van der Waals surface area (Å²) < 4.78 is 2.33. The molecule has 0 amide bonds. The molecule has 0 bridgehead atoms. The van der Waals surface area contributed by atoms with Gasteiger partial charge in [0, 0.05) is 29.4 Å². The van der Waals surface area contributed by atoms with Gasteiger partial charge in [-0.05, 0) is 31.9 Å². The molecule has 3 heteroatoms. The minimum Gasteiger partial charge on any atom is -0.385 e. The van der Waals surface area contributed by atoms with Gasteiger partial charge in [0.15, 0.2) is 0 Å². The first-order valence-electron chi connectivity index (χ1n) is 10.3. The predicted molar refractivity (Wildman–Crippen MR) is 122 cm³/mol. The summed E-state index contributed by atoms with van der Waals surface area (Å²) in [5.41, 5.74) is 5.78. The summed E-state index contributed by atoms with van der Waals surface area (Å²) in [6.45, 7) is 3.25. The number of anilines is 1. The zero-order chi connectivity index (χ0) is 19.9. The summed E-state index contributed by atoms with van der Waals surface area (Å²) >= 11 is 0. The Morgan fingerprint density at radius 1 is 0.793 bits per heavy atom. The SMILES string of the molecule is CC(CCCNc1ccccc1)n1cnc(-c2ccccc2)c1-c1ccccc1. The lowest BCUT2D eigenvalue weighted by Crippen LogP contribution is -2.09. The molecule has 29 heavy (non-hydrogen) atoms. The molecule has 3 nitrogen and oxygen atoms in total. The van der Waals surface area contributed by atoms with E-state index in [0.29, 0.717) is 6.04 Å². The van der Waals surface area contributed by atoms with Crippen LogP contribution in [0.4, 0.5) is 5.69 Å². The number of nitrogens with zero attached hydrogens (tertiary/aromatic N) is 2. The molecule has 0 aliphatic rings. The van der Waals surface area contributed by atoms with E-state index >= 15 is 0 Å². The van der Waals surface area contributed by atoms with Gasteiger partial charge in [0.2, 0.25) is 0 Å². The Hall–Kier alpha value is -3.33. The summed E-state index contributed by atoms with van der Waals surface area (Å²) in [7, 11) is 0. The second-order valence-corrected chi connectivity index (χ2v) is 7.37. The molecule has 1 heterocycles. The van der Waals surface area contributed by atoms with Gasteiger partial charge in [0.05, 0.1) is 17.7 Å². The summed E-state index contributed by atoms with van der Waals surface area (Å²) in [5, 5.41) is 3.50. The highest BCUT2D eigenvalue weighted by Crippen LogP contribution is 2.34.